The summed E-state index contributed by atoms with van der Waals surface area (Å²) in [6.07, 6.45) is -28.7. The molecule has 2 fully saturated rings. The molecule has 6 heterocycles. The summed E-state index contributed by atoms with van der Waals surface area (Å²) in [4.78, 5) is 151. The first-order valence-electron chi connectivity index (χ1n) is 37.2. The number of esters is 10. The maximum Gasteiger partial charge on any atom is 0.343 e. The molecule has 0 amide bonds. The van der Waals surface area contributed by atoms with Gasteiger partial charge in [-0.1, -0.05) is 0 Å². The van der Waals surface area contributed by atoms with E-state index in [1.165, 1.54) is 0 Å². The second kappa shape index (κ2) is 31.7. The van der Waals surface area contributed by atoms with E-state index in [0.29, 0.717) is 18.2 Å². The predicted octanol–water partition coefficient (Wildman–Crippen LogP) is 3.69. The summed E-state index contributed by atoms with van der Waals surface area (Å²) >= 11 is 0. The van der Waals surface area contributed by atoms with Crippen molar-refractivity contribution in [2.24, 2.45) is 0 Å². The Kier molecular flexibility index (Phi) is 20.9. The molecule has 0 aromatic heterocycles. The van der Waals surface area contributed by atoms with E-state index in [1.807, 2.05) is 0 Å². The molecule has 0 spiro atoms. The molecule has 10 aromatic carbocycles. The number of aromatic hydroxyl groups is 29. The molecule has 16 rings (SSSR count). The molecule has 134 heavy (non-hydrogen) atoms. The SMILES string of the molecule is O=C(OC1OC2COC(=O)c3cc(O)c(O)c(O)c3-c3c(cc(O)c(O)c3O)C(=O)OC2C2OC(=O)c3cc(O)c(O)c(O)c3-c3c(cc(O)c(O)c3O)C(=O)OC12)c1cc(O)c(O)c(Oc2c(O)c(O)c(O)c3c2C(=O)OC2C(COC(=O)c4cc(O)c(O)c(O)c4-3)OC(OC(=O)c3cc(O)c(O)c(O)c3)C3OC(=O)c4cc(O)c(O)c(O)c4-c4c(cc(O)c(O)c4O)C(=O)OC23)c1. The maximum atomic E-state index is 16.1. The van der Waals surface area contributed by atoms with E-state index in [0.717, 1.165) is 0 Å². The van der Waals surface area contributed by atoms with Gasteiger partial charge in [0.2, 0.25) is 82.3 Å². The third-order valence-corrected chi connectivity index (χ3v) is 21.6. The quantitative estimate of drug-likeness (QED) is 0.0641. The molecule has 6 aliphatic heterocycles. The smallest absolute Gasteiger partial charge is 0.343 e. The van der Waals surface area contributed by atoms with Crippen LogP contribution in [0.15, 0.2) is 66.7 Å². The summed E-state index contributed by atoms with van der Waals surface area (Å²) in [5.74, 6) is -70.3. The lowest BCUT2D eigenvalue weighted by atomic mass is 9.90. The third-order valence-electron chi connectivity index (χ3n) is 21.6. The van der Waals surface area contributed by atoms with Gasteiger partial charge in [0.25, 0.3) is 0 Å². The highest BCUT2D eigenvalue weighted by atomic mass is 16.8. The average molecular weight is 1870 g/mol. The van der Waals surface area contributed by atoms with Gasteiger partial charge in [0.1, 0.15) is 31.0 Å². The van der Waals surface area contributed by atoms with E-state index in [-0.39, 0.29) is 48.5 Å². The highest BCUT2D eigenvalue weighted by Crippen LogP contribution is 2.62. The zero-order valence-corrected chi connectivity index (χ0v) is 65.4. The van der Waals surface area contributed by atoms with Crippen LogP contribution in [-0.4, -0.2) is 282 Å². The Morgan fingerprint density at radius 3 is 0.776 bits per heavy atom. The van der Waals surface area contributed by atoms with E-state index in [4.69, 9.17) is 61.6 Å². The summed E-state index contributed by atoms with van der Waals surface area (Å²) in [7, 11) is 0. The number of phenols is 29. The molecule has 52 nitrogen and oxygen atoms in total. The monoisotopic (exact) mass is 1870 g/mol. The second-order valence-electron chi connectivity index (χ2n) is 29.4. The number of hydrogen-bond acceptors (Lipinski definition) is 52. The van der Waals surface area contributed by atoms with Gasteiger partial charge in [-0.2, -0.15) is 0 Å². The number of fused-ring (bicyclic) bond motifs is 18. The second-order valence-corrected chi connectivity index (χ2v) is 29.4. The number of rotatable bonds is 6. The molecule has 0 saturated carbocycles. The number of cyclic esters (lactones) is 2. The van der Waals surface area contributed by atoms with Crippen LogP contribution in [0.1, 0.15) is 104 Å². The Labute approximate surface area is 734 Å². The fourth-order valence-electron chi connectivity index (χ4n) is 15.2. The van der Waals surface area contributed by atoms with E-state index >= 15 is 33.6 Å². The summed E-state index contributed by atoms with van der Waals surface area (Å²) < 4.78 is 74.9. The van der Waals surface area contributed by atoms with Gasteiger partial charge in [0, 0.05) is 38.9 Å². The minimum absolute atomic E-state index is 0.174. The van der Waals surface area contributed by atoms with Gasteiger partial charge < -0.3 is 210 Å². The highest BCUT2D eigenvalue weighted by molar-refractivity contribution is 6.14. The molecule has 52 heteroatoms. The molecule has 694 valence electrons. The first kappa shape index (κ1) is 88.3. The molecule has 0 aliphatic carbocycles. The van der Waals surface area contributed by atoms with Crippen LogP contribution in [0.2, 0.25) is 0 Å². The van der Waals surface area contributed by atoms with Gasteiger partial charge in [-0.15, -0.1) is 0 Å². The Morgan fingerprint density at radius 1 is 0.231 bits per heavy atom. The topological polar surface area (TPSA) is 877 Å². The van der Waals surface area contributed by atoms with Gasteiger partial charge in [-0.3, -0.25) is 0 Å². The molecule has 29 N–H and O–H groups in total. The first-order chi connectivity index (χ1) is 63.1. The van der Waals surface area contributed by atoms with Crippen molar-refractivity contribution in [1.29, 1.82) is 0 Å². The molecule has 0 radical (unpaired) electrons. The standard InChI is InChI=1S/C82H54O52/c83-23-1-14(2-24(84)45(23)93)71(112)133-81-70-68(130-77(118)20-9-30(90)50(98)57(105)39(20)41-22(79(120)132-70)11-32(92)52(100)59(41)107)65-35(126-81)13-123-74(115)17-6-27(87)53(101)60(108)42(17)43-44(80(121)128-65)66(63(111)62(110)61(43)109)124-33-4-15(3-25(85)46(33)94)72(113)134-82-69-67(129-76(117)19-8-29(89)49(97)56(104)38(19)40-21(78(119)131-69)10-31(91)51(99)58(40)106)64-34(125-82)12-122-73(114)16-5-26(86)47(95)54(102)36(16)37-18(75(116)127-64)7-28(88)48(96)55(37)103/h1-11,34-35,64-65,67-70,81-111H,12-13H2. The van der Waals surface area contributed by atoms with Gasteiger partial charge >= 0.3 is 59.7 Å². The number of hydrogen-bond donors (Lipinski definition) is 29. The molecule has 6 aliphatic rings. The Morgan fingerprint density at radius 2 is 0.470 bits per heavy atom. The summed E-state index contributed by atoms with van der Waals surface area (Å²) in [6.45, 7) is -3.19. The normalized spacial score (nSPS) is 20.1. The van der Waals surface area contributed by atoms with Crippen molar-refractivity contribution >= 4 is 59.7 Å². The molecule has 10 aromatic rings. The average Bonchev–Trinajstić information content (AvgIpc) is 1.02. The van der Waals surface area contributed by atoms with E-state index in [2.05, 4.69) is 0 Å². The number of phenolic OH excluding ortho intramolecular Hbond substituents is 29. The van der Waals surface area contributed by atoms with Crippen molar-refractivity contribution in [2.45, 2.75) is 61.4 Å². The molecule has 2 saturated heterocycles. The lowest BCUT2D eigenvalue weighted by molar-refractivity contribution is -0.283. The molecule has 10 atom stereocenters. The Hall–Kier alpha value is -19.2. The number of carbonyl (C=O) groups is 10. The van der Waals surface area contributed by atoms with Crippen LogP contribution >= 0.6 is 0 Å². The van der Waals surface area contributed by atoms with Crippen LogP contribution < -0.4 is 4.74 Å². The van der Waals surface area contributed by atoms with Crippen molar-refractivity contribution < 1.29 is 258 Å². The maximum absolute atomic E-state index is 16.1. The summed E-state index contributed by atoms with van der Waals surface area (Å²) in [5.41, 5.74) is -24.4. The van der Waals surface area contributed by atoms with E-state index < -0.39 is 413 Å². The van der Waals surface area contributed by atoms with Gasteiger partial charge in [-0.25, -0.2) is 47.9 Å². The van der Waals surface area contributed by atoms with Gasteiger partial charge in [0.15, 0.2) is 145 Å². The minimum atomic E-state index is -3.05. The molecular weight excluding hydrogens is 1820 g/mol. The van der Waals surface area contributed by atoms with Gasteiger partial charge in [0.05, 0.1) is 55.6 Å². The van der Waals surface area contributed by atoms with Crippen LogP contribution in [0, 0.1) is 0 Å². The minimum Gasteiger partial charge on any atom is -0.504 e. The van der Waals surface area contributed by atoms with Crippen LogP contribution in [0.3, 0.4) is 0 Å². The van der Waals surface area contributed by atoms with Crippen LogP contribution in [0.4, 0.5) is 0 Å². The Bertz CT molecular complexity index is 6960. The van der Waals surface area contributed by atoms with E-state index in [1.54, 1.807) is 0 Å². The lowest BCUT2D eigenvalue weighted by Gasteiger charge is -2.44. The molecular formula is C82H54O52. The van der Waals surface area contributed by atoms with Crippen LogP contribution in [0.5, 0.6) is 178 Å². The van der Waals surface area contributed by atoms with Crippen molar-refractivity contribution in [3.8, 4) is 223 Å². The number of ether oxygens (including phenoxy) is 13. The van der Waals surface area contributed by atoms with Crippen molar-refractivity contribution in [3.63, 3.8) is 0 Å². The zero-order valence-electron chi connectivity index (χ0n) is 65.4. The first-order valence-corrected chi connectivity index (χ1v) is 37.2. The fraction of sp³-hybridized carbons (Fsp3) is 0.146. The van der Waals surface area contributed by atoms with Crippen molar-refractivity contribution in [1.82, 2.24) is 0 Å². The third kappa shape index (κ3) is 13.9. The molecule has 10 unspecified atom stereocenters. The number of benzene rings is 10. The van der Waals surface area contributed by atoms with Crippen molar-refractivity contribution in [3.05, 3.63) is 122 Å². The zero-order chi connectivity index (χ0) is 97.2. The fourth-order valence-corrected chi connectivity index (χ4v) is 15.2. The van der Waals surface area contributed by atoms with Gasteiger partial charge in [-0.05, 0) is 66.7 Å². The van der Waals surface area contributed by atoms with Crippen LogP contribution in [-0.2, 0) is 56.8 Å². The Balaban J connectivity index is 0.849. The van der Waals surface area contributed by atoms with Crippen molar-refractivity contribution in [2.75, 3.05) is 13.2 Å². The lowest BCUT2D eigenvalue weighted by Crippen LogP contribution is -2.63. The predicted molar refractivity (Wildman–Crippen MR) is 413 cm³/mol. The molecule has 0 bridgehead atoms. The van der Waals surface area contributed by atoms with Crippen LogP contribution in [0.25, 0.3) is 44.5 Å². The highest BCUT2D eigenvalue weighted by Gasteiger charge is 2.59. The van der Waals surface area contributed by atoms with E-state index in [9.17, 15) is 162 Å². The summed E-state index contributed by atoms with van der Waals surface area (Å²) in [6, 6.07) is 3.02. The summed E-state index contributed by atoms with van der Waals surface area (Å²) in [5, 5.41) is 324. The largest absolute Gasteiger partial charge is 0.504 e. The number of carbonyl (C=O) groups excluding carboxylic acids is 10.